The number of ketones is 1. The minimum Gasteiger partial charge on any atom is -0.387 e. The van der Waals surface area contributed by atoms with Crippen molar-refractivity contribution in [2.24, 2.45) is 34.5 Å². The summed E-state index contributed by atoms with van der Waals surface area (Å²) in [6.45, 7) is 15.8. The SMILES string of the molecule is CC(C)=CCCC(C)(O)C1CC[C@@](C)(C2CCC3C4(C)CCC(=O)C(C)C4CCC32C)O1. The second-order valence-corrected chi connectivity index (χ2v) is 13.2. The molecule has 4 rings (SSSR count). The Morgan fingerprint density at radius 3 is 2.44 bits per heavy atom. The third-order valence-corrected chi connectivity index (χ3v) is 10.9. The molecular weight excluding hydrogens is 396 g/mol. The van der Waals surface area contributed by atoms with Crippen molar-refractivity contribution in [3.8, 4) is 0 Å². The molecule has 3 heteroatoms. The predicted molar refractivity (Wildman–Crippen MR) is 130 cm³/mol. The van der Waals surface area contributed by atoms with E-state index in [9.17, 15) is 9.90 Å². The number of carbonyl (C=O) groups is 1. The van der Waals surface area contributed by atoms with Crippen LogP contribution in [-0.2, 0) is 9.53 Å². The van der Waals surface area contributed by atoms with Gasteiger partial charge in [0, 0.05) is 12.3 Å². The summed E-state index contributed by atoms with van der Waals surface area (Å²) in [5.41, 5.74) is 0.965. The average Bonchev–Trinajstić information content (AvgIpc) is 3.27. The normalized spacial score (nSPS) is 48.1. The summed E-state index contributed by atoms with van der Waals surface area (Å²) in [5.74, 6) is 2.52. The second kappa shape index (κ2) is 8.22. The topological polar surface area (TPSA) is 46.5 Å². The van der Waals surface area contributed by atoms with Crippen LogP contribution in [0.5, 0.6) is 0 Å². The Kier molecular flexibility index (Phi) is 6.28. The summed E-state index contributed by atoms with van der Waals surface area (Å²) >= 11 is 0. The third-order valence-electron chi connectivity index (χ3n) is 10.9. The highest BCUT2D eigenvalue weighted by molar-refractivity contribution is 5.82. The fourth-order valence-electron chi connectivity index (χ4n) is 9.12. The van der Waals surface area contributed by atoms with Gasteiger partial charge in [0.25, 0.3) is 0 Å². The molecule has 4 aliphatic rings. The zero-order valence-corrected chi connectivity index (χ0v) is 21.8. The number of allylic oxidation sites excluding steroid dienone is 2. The van der Waals surface area contributed by atoms with Gasteiger partial charge in [-0.15, -0.1) is 0 Å². The van der Waals surface area contributed by atoms with E-state index >= 15 is 0 Å². The Balaban J connectivity index is 1.51. The van der Waals surface area contributed by atoms with E-state index in [4.69, 9.17) is 4.74 Å². The van der Waals surface area contributed by atoms with Crippen molar-refractivity contribution in [1.29, 1.82) is 0 Å². The lowest BCUT2D eigenvalue weighted by molar-refractivity contribution is -0.176. The molecule has 0 radical (unpaired) electrons. The number of hydrogen-bond donors (Lipinski definition) is 1. The van der Waals surface area contributed by atoms with Crippen LogP contribution in [0.1, 0.15) is 113 Å². The highest BCUT2D eigenvalue weighted by Crippen LogP contribution is 2.69. The van der Waals surface area contributed by atoms with E-state index in [1.165, 1.54) is 31.3 Å². The van der Waals surface area contributed by atoms with Crippen LogP contribution in [0.25, 0.3) is 0 Å². The summed E-state index contributed by atoms with van der Waals surface area (Å²) in [6.07, 6.45) is 12.6. The van der Waals surface area contributed by atoms with E-state index < -0.39 is 5.60 Å². The molecule has 0 aromatic rings. The quantitative estimate of drug-likeness (QED) is 0.471. The molecule has 3 aliphatic carbocycles. The molecule has 32 heavy (non-hydrogen) atoms. The molecule has 0 amide bonds. The Hall–Kier alpha value is -0.670. The fraction of sp³-hybridized carbons (Fsp3) is 0.897. The van der Waals surface area contributed by atoms with E-state index in [0.717, 1.165) is 38.5 Å². The van der Waals surface area contributed by atoms with Gasteiger partial charge in [-0.2, -0.15) is 0 Å². The Morgan fingerprint density at radius 2 is 1.75 bits per heavy atom. The zero-order chi connectivity index (χ0) is 23.5. The molecule has 0 spiro atoms. The maximum absolute atomic E-state index is 12.5. The van der Waals surface area contributed by atoms with E-state index in [-0.39, 0.29) is 23.0 Å². The minimum atomic E-state index is -0.772. The van der Waals surface area contributed by atoms with Gasteiger partial charge in [-0.1, -0.05) is 32.4 Å². The van der Waals surface area contributed by atoms with E-state index in [1.54, 1.807) is 0 Å². The number of ether oxygens (including phenoxy) is 1. The lowest BCUT2D eigenvalue weighted by Gasteiger charge is -2.59. The molecule has 1 aliphatic heterocycles. The van der Waals surface area contributed by atoms with Crippen molar-refractivity contribution in [2.75, 3.05) is 0 Å². The monoisotopic (exact) mass is 444 g/mol. The number of fused-ring (bicyclic) bond motifs is 3. The molecule has 0 aromatic heterocycles. The summed E-state index contributed by atoms with van der Waals surface area (Å²) in [4.78, 5) is 12.5. The van der Waals surface area contributed by atoms with Crippen LogP contribution < -0.4 is 0 Å². The van der Waals surface area contributed by atoms with E-state index in [0.29, 0.717) is 29.0 Å². The first-order chi connectivity index (χ1) is 14.8. The Bertz CT molecular complexity index is 764. The molecule has 9 atom stereocenters. The largest absolute Gasteiger partial charge is 0.387 e. The third kappa shape index (κ3) is 3.84. The maximum atomic E-state index is 12.5. The molecule has 0 aromatic carbocycles. The van der Waals surface area contributed by atoms with E-state index in [1.807, 2.05) is 6.92 Å². The fourth-order valence-corrected chi connectivity index (χ4v) is 9.12. The van der Waals surface area contributed by atoms with Crippen molar-refractivity contribution in [1.82, 2.24) is 0 Å². The summed E-state index contributed by atoms with van der Waals surface area (Å²) in [6, 6.07) is 0. The smallest absolute Gasteiger partial charge is 0.136 e. The van der Waals surface area contributed by atoms with Gasteiger partial charge in [0.1, 0.15) is 5.78 Å². The van der Waals surface area contributed by atoms with Crippen LogP contribution in [0.3, 0.4) is 0 Å². The first-order valence-corrected chi connectivity index (χ1v) is 13.4. The predicted octanol–water partition coefficient (Wildman–Crippen LogP) is 6.87. The Labute approximate surface area is 196 Å². The maximum Gasteiger partial charge on any atom is 0.136 e. The molecule has 0 bridgehead atoms. The molecule has 182 valence electrons. The molecule has 1 N–H and O–H groups in total. The van der Waals surface area contributed by atoms with Gasteiger partial charge in [0.15, 0.2) is 0 Å². The van der Waals surface area contributed by atoms with Gasteiger partial charge in [-0.3, -0.25) is 4.79 Å². The van der Waals surface area contributed by atoms with Crippen molar-refractivity contribution in [3.63, 3.8) is 0 Å². The highest BCUT2D eigenvalue weighted by atomic mass is 16.5. The summed E-state index contributed by atoms with van der Waals surface area (Å²) in [5, 5.41) is 11.3. The summed E-state index contributed by atoms with van der Waals surface area (Å²) < 4.78 is 6.85. The molecule has 3 nitrogen and oxygen atoms in total. The highest BCUT2D eigenvalue weighted by Gasteiger charge is 2.65. The second-order valence-electron chi connectivity index (χ2n) is 13.2. The molecule has 1 saturated heterocycles. The number of rotatable bonds is 5. The molecule has 1 heterocycles. The molecular formula is C29H48O3. The van der Waals surface area contributed by atoms with Crippen LogP contribution in [0.4, 0.5) is 0 Å². The van der Waals surface area contributed by atoms with Crippen molar-refractivity contribution in [3.05, 3.63) is 11.6 Å². The van der Waals surface area contributed by atoms with Gasteiger partial charge in [-0.25, -0.2) is 0 Å². The van der Waals surface area contributed by atoms with Gasteiger partial charge < -0.3 is 9.84 Å². The van der Waals surface area contributed by atoms with Gasteiger partial charge >= 0.3 is 0 Å². The lowest BCUT2D eigenvalue weighted by atomic mass is 9.45. The van der Waals surface area contributed by atoms with Gasteiger partial charge in [-0.05, 0) is 114 Å². The van der Waals surface area contributed by atoms with Crippen molar-refractivity contribution < 1.29 is 14.6 Å². The standard InChI is InChI=1S/C29H48O3/c1-19(2)9-8-15-28(6,31)25-14-18-29(7,32-25)24-11-10-23-26(4)17-13-22(30)20(3)21(26)12-16-27(23,24)5/h9,20-21,23-25,31H,8,10-18H2,1-7H3/t20?,21?,23?,24?,25?,26?,27?,28?,29-/m0/s1. The van der Waals surface area contributed by atoms with Crippen LogP contribution in [0.15, 0.2) is 11.6 Å². The summed E-state index contributed by atoms with van der Waals surface area (Å²) in [7, 11) is 0. The number of hydrogen-bond acceptors (Lipinski definition) is 3. The van der Waals surface area contributed by atoms with Gasteiger partial charge in [0.2, 0.25) is 0 Å². The lowest BCUT2D eigenvalue weighted by Crippen LogP contribution is -2.56. The number of Topliss-reactive ketones (excluding diaryl/α,β-unsaturated/α-hetero) is 1. The van der Waals surface area contributed by atoms with Gasteiger partial charge in [0.05, 0.1) is 17.3 Å². The van der Waals surface area contributed by atoms with Crippen LogP contribution >= 0.6 is 0 Å². The number of aliphatic hydroxyl groups is 1. The van der Waals surface area contributed by atoms with Crippen LogP contribution in [-0.4, -0.2) is 28.2 Å². The minimum absolute atomic E-state index is 0.0695. The Morgan fingerprint density at radius 1 is 1.06 bits per heavy atom. The van der Waals surface area contributed by atoms with Crippen LogP contribution in [0.2, 0.25) is 0 Å². The number of carbonyl (C=O) groups excluding carboxylic acids is 1. The molecule has 4 fully saturated rings. The van der Waals surface area contributed by atoms with E-state index in [2.05, 4.69) is 47.6 Å². The zero-order valence-electron chi connectivity index (χ0n) is 21.8. The first-order valence-electron chi connectivity index (χ1n) is 13.4. The van der Waals surface area contributed by atoms with Crippen molar-refractivity contribution >= 4 is 5.78 Å². The van der Waals surface area contributed by atoms with Crippen LogP contribution in [0, 0.1) is 34.5 Å². The first kappa shape index (κ1) is 24.5. The average molecular weight is 445 g/mol. The molecule has 8 unspecified atom stereocenters. The van der Waals surface area contributed by atoms with Crippen molar-refractivity contribution in [2.45, 2.75) is 130 Å². The molecule has 3 saturated carbocycles.